The van der Waals surface area contributed by atoms with E-state index < -0.39 is 16.1 Å². The first-order chi connectivity index (χ1) is 15.4. The Balaban J connectivity index is 1.26. The van der Waals surface area contributed by atoms with Gasteiger partial charge in [0.05, 0.1) is 18.1 Å². The van der Waals surface area contributed by atoms with Crippen molar-refractivity contribution in [2.24, 2.45) is 0 Å². The molecule has 2 N–H and O–H groups in total. The summed E-state index contributed by atoms with van der Waals surface area (Å²) in [7, 11) is -3.61. The molecule has 0 aliphatic carbocycles. The fraction of sp³-hybridized carbons (Fsp3) is 0.409. The summed E-state index contributed by atoms with van der Waals surface area (Å²) in [5, 5.41) is 3.37. The van der Waals surface area contributed by atoms with Crippen molar-refractivity contribution in [3.63, 3.8) is 0 Å². The minimum Gasteiger partial charge on any atom is -0.480 e. The molecule has 0 unspecified atom stereocenters. The van der Waals surface area contributed by atoms with Crippen molar-refractivity contribution in [2.75, 3.05) is 44.7 Å². The molecule has 2 aromatic carbocycles. The Bertz CT molecular complexity index is 1060. The van der Waals surface area contributed by atoms with Crippen molar-refractivity contribution in [3.8, 4) is 5.75 Å². The zero-order chi connectivity index (χ0) is 22.6. The topological polar surface area (TPSA) is 97.0 Å². The monoisotopic (exact) mass is 479 g/mol. The van der Waals surface area contributed by atoms with Gasteiger partial charge in [-0.25, -0.2) is 13.1 Å². The minimum atomic E-state index is -3.61. The molecular weight excluding hydrogens is 454 g/mol. The molecule has 0 radical (unpaired) electrons. The second-order valence-corrected chi connectivity index (χ2v) is 9.99. The molecule has 2 heterocycles. The number of halogens is 1. The van der Waals surface area contributed by atoms with Crippen LogP contribution in [0.15, 0.2) is 47.4 Å². The molecule has 10 heteroatoms. The highest BCUT2D eigenvalue weighted by Crippen LogP contribution is 2.31. The maximum absolute atomic E-state index is 12.5. The number of hydrogen-bond donors (Lipinski definition) is 2. The number of carbonyl (C=O) groups excluding carboxylic acids is 1. The van der Waals surface area contributed by atoms with Gasteiger partial charge in [-0.05, 0) is 61.0 Å². The SMILES string of the molecule is O=C(Nc1ccc(S(=O)(=O)NCCCN2CCOCC2)cc1)[C@H]1Cc2cc(Cl)ccc2O1. The number of ether oxygens (including phenoxy) is 2. The van der Waals surface area contributed by atoms with Crippen LogP contribution >= 0.6 is 11.6 Å². The van der Waals surface area contributed by atoms with Crippen LogP contribution in [-0.4, -0.2) is 64.7 Å². The van der Waals surface area contributed by atoms with Gasteiger partial charge >= 0.3 is 0 Å². The molecule has 0 aromatic heterocycles. The van der Waals surface area contributed by atoms with Crippen molar-refractivity contribution < 1.29 is 22.7 Å². The number of hydrogen-bond acceptors (Lipinski definition) is 6. The maximum Gasteiger partial charge on any atom is 0.265 e. The normalized spacial score (nSPS) is 18.7. The zero-order valence-electron chi connectivity index (χ0n) is 17.6. The zero-order valence-corrected chi connectivity index (χ0v) is 19.1. The largest absolute Gasteiger partial charge is 0.480 e. The molecular formula is C22H26ClN3O5S. The molecule has 1 amide bonds. The van der Waals surface area contributed by atoms with Crippen LogP contribution in [0.1, 0.15) is 12.0 Å². The molecule has 2 aromatic rings. The summed E-state index contributed by atoms with van der Waals surface area (Å²) in [5.41, 5.74) is 1.39. The number of morpholine rings is 1. The van der Waals surface area contributed by atoms with Crippen LogP contribution in [0.25, 0.3) is 0 Å². The van der Waals surface area contributed by atoms with Gasteiger partial charge in [0.25, 0.3) is 5.91 Å². The minimum absolute atomic E-state index is 0.154. The number of benzene rings is 2. The lowest BCUT2D eigenvalue weighted by atomic mass is 10.1. The molecule has 172 valence electrons. The average molecular weight is 480 g/mol. The van der Waals surface area contributed by atoms with E-state index in [1.54, 1.807) is 30.3 Å². The number of anilines is 1. The van der Waals surface area contributed by atoms with E-state index in [9.17, 15) is 13.2 Å². The van der Waals surface area contributed by atoms with Gasteiger partial charge in [-0.2, -0.15) is 0 Å². The second-order valence-electron chi connectivity index (χ2n) is 7.78. The second kappa shape index (κ2) is 10.2. The Morgan fingerprint density at radius 3 is 2.62 bits per heavy atom. The van der Waals surface area contributed by atoms with E-state index in [2.05, 4.69) is 14.9 Å². The molecule has 0 bridgehead atoms. The molecule has 4 rings (SSSR count). The van der Waals surface area contributed by atoms with Crippen molar-refractivity contribution in [1.82, 2.24) is 9.62 Å². The first kappa shape index (κ1) is 23.0. The summed E-state index contributed by atoms with van der Waals surface area (Å²) in [4.78, 5) is 15.0. The Labute approximate surface area is 192 Å². The lowest BCUT2D eigenvalue weighted by molar-refractivity contribution is -0.122. The molecule has 32 heavy (non-hydrogen) atoms. The van der Waals surface area contributed by atoms with Crippen LogP contribution < -0.4 is 14.8 Å². The lowest BCUT2D eigenvalue weighted by Gasteiger charge is -2.26. The van der Waals surface area contributed by atoms with Crippen molar-refractivity contribution in [2.45, 2.75) is 23.8 Å². The van der Waals surface area contributed by atoms with Gasteiger partial charge in [-0.1, -0.05) is 11.6 Å². The Hall–Kier alpha value is -2.17. The summed E-state index contributed by atoms with van der Waals surface area (Å²) in [6.45, 7) is 4.40. The van der Waals surface area contributed by atoms with Crippen molar-refractivity contribution in [1.29, 1.82) is 0 Å². The standard InChI is InChI=1S/C22H26ClN3O5S/c23-17-2-7-20-16(14-17)15-21(31-20)22(27)25-18-3-5-19(6-4-18)32(28,29)24-8-1-9-26-10-12-30-13-11-26/h2-7,14,21,24H,1,8-13,15H2,(H,25,27)/t21-/m1/s1. The summed E-state index contributed by atoms with van der Waals surface area (Å²) in [6.07, 6.45) is 0.505. The van der Waals surface area contributed by atoms with E-state index in [1.807, 2.05) is 0 Å². The molecule has 0 saturated carbocycles. The number of fused-ring (bicyclic) bond motifs is 1. The number of rotatable bonds is 8. The summed E-state index contributed by atoms with van der Waals surface area (Å²) < 4.78 is 38.7. The molecule has 2 aliphatic heterocycles. The van der Waals surface area contributed by atoms with Crippen LogP contribution in [0.2, 0.25) is 5.02 Å². The van der Waals surface area contributed by atoms with E-state index in [0.29, 0.717) is 29.4 Å². The van der Waals surface area contributed by atoms with Gasteiger partial charge in [-0.15, -0.1) is 0 Å². The van der Waals surface area contributed by atoms with Gasteiger partial charge in [0.2, 0.25) is 10.0 Å². The van der Waals surface area contributed by atoms with Crippen LogP contribution in [0.4, 0.5) is 5.69 Å². The van der Waals surface area contributed by atoms with Gasteiger partial charge < -0.3 is 14.8 Å². The van der Waals surface area contributed by atoms with Crippen LogP contribution in [-0.2, 0) is 26.0 Å². The fourth-order valence-electron chi connectivity index (χ4n) is 3.72. The Morgan fingerprint density at radius 1 is 1.12 bits per heavy atom. The highest BCUT2D eigenvalue weighted by atomic mass is 35.5. The quantitative estimate of drug-likeness (QED) is 0.564. The highest BCUT2D eigenvalue weighted by Gasteiger charge is 2.29. The van der Waals surface area contributed by atoms with Gasteiger partial charge in [0.1, 0.15) is 5.75 Å². The lowest BCUT2D eigenvalue weighted by Crippen LogP contribution is -2.38. The summed E-state index contributed by atoms with van der Waals surface area (Å²) in [5.74, 6) is 0.352. The van der Waals surface area contributed by atoms with E-state index in [0.717, 1.165) is 44.8 Å². The summed E-state index contributed by atoms with van der Waals surface area (Å²) >= 11 is 5.99. The molecule has 8 nitrogen and oxygen atoms in total. The predicted molar refractivity (Wildman–Crippen MR) is 122 cm³/mol. The molecule has 1 fully saturated rings. The van der Waals surface area contributed by atoms with E-state index in [1.165, 1.54) is 12.1 Å². The Kier molecular flexibility index (Phi) is 7.32. The average Bonchev–Trinajstić information content (AvgIpc) is 3.21. The van der Waals surface area contributed by atoms with Crippen LogP contribution in [0.5, 0.6) is 5.75 Å². The van der Waals surface area contributed by atoms with Gasteiger partial charge in [0, 0.05) is 36.8 Å². The van der Waals surface area contributed by atoms with Gasteiger partial charge in [0.15, 0.2) is 6.10 Å². The molecule has 2 aliphatic rings. The third-order valence-electron chi connectivity index (χ3n) is 5.47. The van der Waals surface area contributed by atoms with Gasteiger partial charge in [-0.3, -0.25) is 9.69 Å². The first-order valence-corrected chi connectivity index (χ1v) is 12.4. The van der Waals surface area contributed by atoms with E-state index in [-0.39, 0.29) is 10.8 Å². The molecule has 1 atom stereocenters. The highest BCUT2D eigenvalue weighted by molar-refractivity contribution is 7.89. The number of nitrogens with one attached hydrogen (secondary N) is 2. The van der Waals surface area contributed by atoms with E-state index >= 15 is 0 Å². The number of nitrogens with zero attached hydrogens (tertiary/aromatic N) is 1. The van der Waals surface area contributed by atoms with Crippen LogP contribution in [0.3, 0.4) is 0 Å². The predicted octanol–water partition coefficient (Wildman–Crippen LogP) is 2.28. The Morgan fingerprint density at radius 2 is 1.88 bits per heavy atom. The first-order valence-electron chi connectivity index (χ1n) is 10.6. The smallest absolute Gasteiger partial charge is 0.265 e. The third-order valence-corrected chi connectivity index (χ3v) is 7.18. The van der Waals surface area contributed by atoms with Crippen LogP contribution in [0, 0.1) is 0 Å². The third kappa shape index (κ3) is 5.79. The fourth-order valence-corrected chi connectivity index (χ4v) is 4.99. The number of sulfonamides is 1. The van der Waals surface area contributed by atoms with E-state index in [4.69, 9.17) is 21.1 Å². The van der Waals surface area contributed by atoms with Crippen molar-refractivity contribution in [3.05, 3.63) is 53.1 Å². The summed E-state index contributed by atoms with van der Waals surface area (Å²) in [6, 6.07) is 11.3. The number of carbonyl (C=O) groups is 1. The molecule has 0 spiro atoms. The maximum atomic E-state index is 12.5. The number of amides is 1. The van der Waals surface area contributed by atoms with Crippen molar-refractivity contribution >= 4 is 33.2 Å². The molecule has 1 saturated heterocycles.